The largest absolute Gasteiger partial charge is 0.493 e. The van der Waals surface area contributed by atoms with Crippen molar-refractivity contribution in [2.45, 2.75) is 6.92 Å². The zero-order valence-electron chi connectivity index (χ0n) is 8.50. The van der Waals surface area contributed by atoms with Gasteiger partial charge in [0.1, 0.15) is 5.82 Å². The van der Waals surface area contributed by atoms with Crippen LogP contribution in [0.3, 0.4) is 0 Å². The highest BCUT2D eigenvalue weighted by Crippen LogP contribution is 2.05. The Labute approximate surface area is 91.3 Å². The summed E-state index contributed by atoms with van der Waals surface area (Å²) in [5.74, 6) is -0.442. The first-order valence-electron chi connectivity index (χ1n) is 4.62. The first kappa shape index (κ1) is 10.8. The quantitative estimate of drug-likeness (QED) is 0.664. The van der Waals surface area contributed by atoms with Crippen LogP contribution in [0.4, 0.5) is 4.39 Å². The summed E-state index contributed by atoms with van der Waals surface area (Å²) in [4.78, 5) is 3.88. The highest BCUT2D eigenvalue weighted by atomic mass is 19.1. The molecule has 0 atom stereocenters. The van der Waals surface area contributed by atoms with Crippen molar-refractivity contribution in [1.29, 1.82) is 0 Å². The van der Waals surface area contributed by atoms with Gasteiger partial charge in [-0.3, -0.25) is 0 Å². The van der Waals surface area contributed by atoms with Crippen LogP contribution in [0, 0.1) is 12.7 Å². The first-order chi connectivity index (χ1) is 7.58. The van der Waals surface area contributed by atoms with Gasteiger partial charge in [-0.2, -0.15) is 5.10 Å². The third-order valence-corrected chi connectivity index (χ3v) is 2.10. The standard InChI is InChI=1S/C9H9BFN3O2/c1-6-2-3-14(13-6)9-4-8(11)7(5-12-9)10(15)16/h2-5,15-16H,1H3. The summed E-state index contributed by atoms with van der Waals surface area (Å²) in [6, 6.07) is 2.86. The molecule has 0 fully saturated rings. The first-order valence-corrected chi connectivity index (χ1v) is 4.62. The molecular weight excluding hydrogens is 212 g/mol. The van der Waals surface area contributed by atoms with Crippen molar-refractivity contribution in [1.82, 2.24) is 14.8 Å². The van der Waals surface area contributed by atoms with Gasteiger partial charge in [0, 0.05) is 23.9 Å². The minimum Gasteiger partial charge on any atom is -0.423 e. The number of aryl methyl sites for hydroxylation is 1. The third kappa shape index (κ3) is 1.95. The highest BCUT2D eigenvalue weighted by molar-refractivity contribution is 6.58. The van der Waals surface area contributed by atoms with Crippen LogP contribution in [0.2, 0.25) is 0 Å². The number of hydrogen-bond acceptors (Lipinski definition) is 4. The van der Waals surface area contributed by atoms with Gasteiger partial charge in [-0.1, -0.05) is 0 Å². The van der Waals surface area contributed by atoms with E-state index in [9.17, 15) is 4.39 Å². The molecule has 82 valence electrons. The van der Waals surface area contributed by atoms with E-state index in [1.54, 1.807) is 19.2 Å². The summed E-state index contributed by atoms with van der Waals surface area (Å²) in [5, 5.41) is 21.7. The van der Waals surface area contributed by atoms with Crippen molar-refractivity contribution < 1.29 is 14.4 Å². The number of nitrogens with zero attached hydrogens (tertiary/aromatic N) is 3. The van der Waals surface area contributed by atoms with Gasteiger partial charge in [-0.25, -0.2) is 14.1 Å². The summed E-state index contributed by atoms with van der Waals surface area (Å²) in [6.07, 6.45) is 2.72. The van der Waals surface area contributed by atoms with E-state index in [1.165, 1.54) is 4.68 Å². The Morgan fingerprint density at radius 1 is 1.44 bits per heavy atom. The highest BCUT2D eigenvalue weighted by Gasteiger charge is 2.17. The van der Waals surface area contributed by atoms with Crippen LogP contribution in [0.5, 0.6) is 0 Å². The van der Waals surface area contributed by atoms with Gasteiger partial charge in [0.15, 0.2) is 5.82 Å². The van der Waals surface area contributed by atoms with E-state index in [-0.39, 0.29) is 11.3 Å². The normalized spacial score (nSPS) is 10.5. The molecule has 5 nitrogen and oxygen atoms in total. The zero-order chi connectivity index (χ0) is 11.7. The minimum atomic E-state index is -1.86. The Hall–Kier alpha value is -1.73. The molecule has 0 aliphatic heterocycles. The Morgan fingerprint density at radius 3 is 2.69 bits per heavy atom. The molecule has 0 unspecified atom stereocenters. The van der Waals surface area contributed by atoms with Crippen molar-refractivity contribution >= 4 is 12.6 Å². The molecule has 0 saturated heterocycles. The molecule has 2 rings (SSSR count). The molecule has 2 heterocycles. The van der Waals surface area contributed by atoms with Crippen LogP contribution in [0.1, 0.15) is 5.69 Å². The van der Waals surface area contributed by atoms with Crippen molar-refractivity contribution in [2.24, 2.45) is 0 Å². The van der Waals surface area contributed by atoms with E-state index in [0.717, 1.165) is 18.0 Å². The maximum Gasteiger partial charge on any atom is 0.493 e. The molecule has 0 aromatic carbocycles. The van der Waals surface area contributed by atoms with Crippen LogP contribution in [-0.4, -0.2) is 31.9 Å². The van der Waals surface area contributed by atoms with E-state index in [2.05, 4.69) is 10.1 Å². The maximum atomic E-state index is 13.4. The number of halogens is 1. The predicted octanol–water partition coefficient (Wildman–Crippen LogP) is -0.605. The number of rotatable bonds is 2. The monoisotopic (exact) mass is 221 g/mol. The molecule has 7 heteroatoms. The Morgan fingerprint density at radius 2 is 2.19 bits per heavy atom. The molecule has 0 radical (unpaired) electrons. The van der Waals surface area contributed by atoms with Crippen LogP contribution in [0.15, 0.2) is 24.5 Å². The van der Waals surface area contributed by atoms with E-state index in [0.29, 0.717) is 0 Å². The van der Waals surface area contributed by atoms with Gasteiger partial charge in [-0.05, 0) is 13.0 Å². The summed E-state index contributed by atoms with van der Waals surface area (Å²) in [5.41, 5.74) is 0.529. The second-order valence-corrected chi connectivity index (χ2v) is 3.34. The van der Waals surface area contributed by atoms with Crippen LogP contribution in [-0.2, 0) is 0 Å². The van der Waals surface area contributed by atoms with Crippen LogP contribution >= 0.6 is 0 Å². The molecule has 16 heavy (non-hydrogen) atoms. The van der Waals surface area contributed by atoms with Gasteiger partial charge in [-0.15, -0.1) is 0 Å². The summed E-state index contributed by atoms with van der Waals surface area (Å²) in [6.45, 7) is 1.80. The van der Waals surface area contributed by atoms with Gasteiger partial charge in [0.25, 0.3) is 0 Å². The van der Waals surface area contributed by atoms with Crippen molar-refractivity contribution in [3.05, 3.63) is 36.0 Å². The van der Waals surface area contributed by atoms with Gasteiger partial charge in [0.05, 0.1) is 5.69 Å². The van der Waals surface area contributed by atoms with E-state index in [4.69, 9.17) is 10.0 Å². The average molecular weight is 221 g/mol. The summed E-state index contributed by atoms with van der Waals surface area (Å²) < 4.78 is 14.8. The fourth-order valence-corrected chi connectivity index (χ4v) is 1.29. The molecule has 0 aliphatic rings. The number of pyridine rings is 1. The molecule has 0 amide bonds. The van der Waals surface area contributed by atoms with Crippen molar-refractivity contribution in [2.75, 3.05) is 0 Å². The lowest BCUT2D eigenvalue weighted by Crippen LogP contribution is -2.33. The van der Waals surface area contributed by atoms with Gasteiger partial charge >= 0.3 is 7.12 Å². The average Bonchev–Trinajstić information content (AvgIpc) is 2.64. The SMILES string of the molecule is Cc1ccn(-c2cc(F)c(B(O)O)cn2)n1. The van der Waals surface area contributed by atoms with Gasteiger partial charge < -0.3 is 10.0 Å². The lowest BCUT2D eigenvalue weighted by molar-refractivity contribution is 0.422. The molecule has 0 aliphatic carbocycles. The Balaban J connectivity index is 2.42. The number of aromatic nitrogens is 3. The Kier molecular flexibility index (Phi) is 2.72. The lowest BCUT2D eigenvalue weighted by Gasteiger charge is -2.04. The molecular formula is C9H9BFN3O2. The smallest absolute Gasteiger partial charge is 0.423 e. The van der Waals surface area contributed by atoms with E-state index < -0.39 is 12.9 Å². The molecule has 0 spiro atoms. The number of hydrogen-bond donors (Lipinski definition) is 2. The van der Waals surface area contributed by atoms with Crippen LogP contribution < -0.4 is 5.46 Å². The minimum absolute atomic E-state index is 0.257. The zero-order valence-corrected chi connectivity index (χ0v) is 8.50. The molecule has 2 aromatic heterocycles. The summed E-state index contributed by atoms with van der Waals surface area (Å²) >= 11 is 0. The maximum absolute atomic E-state index is 13.4. The van der Waals surface area contributed by atoms with Crippen LogP contribution in [0.25, 0.3) is 5.82 Å². The fourth-order valence-electron chi connectivity index (χ4n) is 1.29. The Bertz CT molecular complexity index is 515. The predicted molar refractivity (Wildman–Crippen MR) is 55.9 cm³/mol. The third-order valence-electron chi connectivity index (χ3n) is 2.10. The van der Waals surface area contributed by atoms with Crippen molar-refractivity contribution in [3.8, 4) is 5.82 Å². The van der Waals surface area contributed by atoms with E-state index >= 15 is 0 Å². The second kappa shape index (κ2) is 4.03. The fraction of sp³-hybridized carbons (Fsp3) is 0.111. The molecule has 0 saturated carbocycles. The van der Waals surface area contributed by atoms with E-state index in [1.807, 2.05) is 0 Å². The summed E-state index contributed by atoms with van der Waals surface area (Å²) in [7, 11) is -1.86. The van der Waals surface area contributed by atoms with Crippen molar-refractivity contribution in [3.63, 3.8) is 0 Å². The molecule has 0 bridgehead atoms. The molecule has 2 aromatic rings. The van der Waals surface area contributed by atoms with Gasteiger partial charge in [0.2, 0.25) is 0 Å². The molecule has 2 N–H and O–H groups in total. The lowest BCUT2D eigenvalue weighted by atomic mass is 9.81. The topological polar surface area (TPSA) is 71.2 Å². The second-order valence-electron chi connectivity index (χ2n) is 3.34.